The first-order valence-electron chi connectivity index (χ1n) is 8.10. The van der Waals surface area contributed by atoms with E-state index in [0.29, 0.717) is 5.69 Å². The molecule has 7 nitrogen and oxygen atoms in total. The molecule has 4 aromatic rings. The highest BCUT2D eigenvalue weighted by Gasteiger charge is 2.21. The fourth-order valence-electron chi connectivity index (χ4n) is 2.86. The lowest BCUT2D eigenvalue weighted by Gasteiger charge is -2.03. The second-order valence-electron chi connectivity index (χ2n) is 5.90. The van der Waals surface area contributed by atoms with Gasteiger partial charge in [0, 0.05) is 18.1 Å². The van der Waals surface area contributed by atoms with Crippen LogP contribution in [0.3, 0.4) is 0 Å². The molecule has 140 valence electrons. The summed E-state index contributed by atoms with van der Waals surface area (Å²) >= 11 is 0. The van der Waals surface area contributed by atoms with Gasteiger partial charge in [-0.1, -0.05) is 6.07 Å². The van der Waals surface area contributed by atoms with E-state index in [9.17, 15) is 18.4 Å². The molecule has 0 aliphatic carbocycles. The Hall–Kier alpha value is -4.01. The topological polar surface area (TPSA) is 99.5 Å². The molecule has 0 unspecified atom stereocenters. The van der Waals surface area contributed by atoms with Crippen LogP contribution in [0.2, 0.25) is 0 Å². The Morgan fingerprint density at radius 1 is 1.11 bits per heavy atom. The van der Waals surface area contributed by atoms with Crippen LogP contribution in [-0.2, 0) is 0 Å². The minimum atomic E-state index is -1.08. The number of carbonyl (C=O) groups is 1. The first-order chi connectivity index (χ1) is 13.5. The maximum atomic E-state index is 14.3. The third-order valence-electron chi connectivity index (χ3n) is 4.15. The molecule has 0 amide bonds. The zero-order valence-corrected chi connectivity index (χ0v) is 14.1. The van der Waals surface area contributed by atoms with Gasteiger partial charge in [-0.15, -0.1) is 0 Å². The maximum Gasteiger partial charge on any atom is 0.335 e. The van der Waals surface area contributed by atoms with E-state index >= 15 is 0 Å². The van der Waals surface area contributed by atoms with Crippen molar-refractivity contribution in [1.82, 2.24) is 14.4 Å². The Bertz CT molecular complexity index is 1240. The highest BCUT2D eigenvalue weighted by Crippen LogP contribution is 2.29. The van der Waals surface area contributed by atoms with E-state index in [-0.39, 0.29) is 28.3 Å². The van der Waals surface area contributed by atoms with Gasteiger partial charge in [0.2, 0.25) is 0 Å². The summed E-state index contributed by atoms with van der Waals surface area (Å²) in [7, 11) is 0. The van der Waals surface area contributed by atoms with Gasteiger partial charge in [0.25, 0.3) is 5.56 Å². The predicted molar refractivity (Wildman–Crippen MR) is 97.8 cm³/mol. The Labute approximate surface area is 155 Å². The normalized spacial score (nSPS) is 10.9. The van der Waals surface area contributed by atoms with Crippen LogP contribution in [0.25, 0.3) is 16.9 Å². The Kier molecular flexibility index (Phi) is 4.11. The summed E-state index contributed by atoms with van der Waals surface area (Å²) in [6.07, 6.45) is 2.77. The number of halogens is 2. The summed E-state index contributed by atoms with van der Waals surface area (Å²) in [6.45, 7) is 0. The van der Waals surface area contributed by atoms with Gasteiger partial charge in [0.15, 0.2) is 17.2 Å². The summed E-state index contributed by atoms with van der Waals surface area (Å²) in [5.74, 6) is -2.72. The molecule has 9 heteroatoms. The highest BCUT2D eigenvalue weighted by molar-refractivity contribution is 5.88. The molecule has 4 rings (SSSR count). The van der Waals surface area contributed by atoms with Crippen molar-refractivity contribution in [2.24, 2.45) is 0 Å². The van der Waals surface area contributed by atoms with Crippen LogP contribution in [0.15, 0.2) is 59.7 Å². The van der Waals surface area contributed by atoms with E-state index < -0.39 is 23.2 Å². The van der Waals surface area contributed by atoms with Crippen LogP contribution in [-0.4, -0.2) is 25.4 Å². The van der Waals surface area contributed by atoms with E-state index in [1.54, 1.807) is 0 Å². The Morgan fingerprint density at radius 3 is 2.43 bits per heavy atom. The smallest absolute Gasteiger partial charge is 0.335 e. The van der Waals surface area contributed by atoms with Crippen molar-refractivity contribution < 1.29 is 18.7 Å². The van der Waals surface area contributed by atoms with Crippen LogP contribution in [0.4, 0.5) is 20.3 Å². The lowest BCUT2D eigenvalue weighted by molar-refractivity contribution is 0.0697. The first kappa shape index (κ1) is 17.4. The fourth-order valence-corrected chi connectivity index (χ4v) is 2.86. The van der Waals surface area contributed by atoms with Crippen LogP contribution in [0.1, 0.15) is 10.4 Å². The summed E-state index contributed by atoms with van der Waals surface area (Å²) in [6, 6.07) is 9.19. The zero-order chi connectivity index (χ0) is 19.8. The number of nitrogens with zero attached hydrogens (tertiary/aromatic N) is 2. The molecule has 0 fully saturated rings. The molecule has 2 aromatic carbocycles. The number of aromatic nitrogens is 3. The average molecular weight is 382 g/mol. The Balaban J connectivity index is 1.88. The molecule has 0 aliphatic heterocycles. The number of fused-ring (bicyclic) bond motifs is 1. The number of imidazole rings is 1. The average Bonchev–Trinajstić information content (AvgIpc) is 3.01. The third kappa shape index (κ3) is 2.88. The van der Waals surface area contributed by atoms with Gasteiger partial charge in [-0.05, 0) is 36.4 Å². The quantitative estimate of drug-likeness (QED) is 0.502. The number of benzene rings is 2. The van der Waals surface area contributed by atoms with Gasteiger partial charge in [-0.3, -0.25) is 9.20 Å². The summed E-state index contributed by atoms with van der Waals surface area (Å²) in [5.41, 5.74) is -0.275. The largest absolute Gasteiger partial charge is 0.478 e. The van der Waals surface area contributed by atoms with Gasteiger partial charge < -0.3 is 15.4 Å². The molecule has 2 heterocycles. The number of nitrogens with one attached hydrogen (secondary N) is 2. The molecule has 0 aliphatic rings. The Morgan fingerprint density at radius 2 is 1.79 bits per heavy atom. The lowest BCUT2D eigenvalue weighted by Crippen LogP contribution is -2.09. The predicted octanol–water partition coefficient (Wildman–Crippen LogP) is 3.41. The number of hydrogen-bond donors (Lipinski definition) is 3. The van der Waals surface area contributed by atoms with Gasteiger partial charge in [-0.2, -0.15) is 0 Å². The van der Waals surface area contributed by atoms with Gasteiger partial charge >= 0.3 is 5.97 Å². The molecule has 0 atom stereocenters. The monoisotopic (exact) mass is 382 g/mol. The lowest BCUT2D eigenvalue weighted by atomic mass is 10.2. The first-order valence-corrected chi connectivity index (χ1v) is 8.10. The highest BCUT2D eigenvalue weighted by atomic mass is 19.1. The zero-order valence-electron chi connectivity index (χ0n) is 14.1. The standard InChI is InChI=1S/C19H12F2N4O3/c20-12-2-1-3-13(21)14(12)17-24-16(15-18(26)22-8-9-25(15)17)23-11-6-4-10(5-7-11)19(27)28/h1-9,23H,(H,22,26)(H,27,28). The van der Waals surface area contributed by atoms with Crippen LogP contribution < -0.4 is 10.9 Å². The minimum absolute atomic E-state index is 0.0578. The maximum absolute atomic E-state index is 14.3. The number of H-pyrrole nitrogens is 1. The third-order valence-corrected chi connectivity index (χ3v) is 4.15. The van der Waals surface area contributed by atoms with Gasteiger partial charge in [-0.25, -0.2) is 18.6 Å². The molecule has 3 N–H and O–H groups in total. The minimum Gasteiger partial charge on any atom is -0.478 e. The van der Waals surface area contributed by atoms with Crippen molar-refractivity contribution in [3.05, 3.63) is 82.4 Å². The van der Waals surface area contributed by atoms with Crippen LogP contribution >= 0.6 is 0 Å². The second kappa shape index (κ2) is 6.62. The fraction of sp³-hybridized carbons (Fsp3) is 0. The number of aromatic carboxylic acids is 1. The summed E-state index contributed by atoms with van der Waals surface area (Å²) in [4.78, 5) is 30.0. The van der Waals surface area contributed by atoms with Crippen LogP contribution in [0.5, 0.6) is 0 Å². The van der Waals surface area contributed by atoms with E-state index in [1.165, 1.54) is 47.1 Å². The molecular weight excluding hydrogens is 370 g/mol. The van der Waals surface area contributed by atoms with Crippen molar-refractivity contribution in [3.8, 4) is 11.4 Å². The number of hydrogen-bond acceptors (Lipinski definition) is 4. The molecule has 0 radical (unpaired) electrons. The van der Waals surface area contributed by atoms with E-state index in [2.05, 4.69) is 15.3 Å². The van der Waals surface area contributed by atoms with Crippen molar-refractivity contribution >= 4 is 23.0 Å². The number of carboxylic acid groups (broad SMARTS) is 1. The number of anilines is 2. The molecule has 2 aromatic heterocycles. The second-order valence-corrected chi connectivity index (χ2v) is 5.90. The van der Waals surface area contributed by atoms with E-state index in [1.807, 2.05) is 0 Å². The molecule has 0 spiro atoms. The van der Waals surface area contributed by atoms with E-state index in [0.717, 1.165) is 12.1 Å². The molecular formula is C19H12F2N4O3. The molecule has 0 bridgehead atoms. The number of rotatable bonds is 4. The van der Waals surface area contributed by atoms with Crippen molar-refractivity contribution in [2.75, 3.05) is 5.32 Å². The summed E-state index contributed by atoms with van der Waals surface area (Å²) < 4.78 is 29.8. The summed E-state index contributed by atoms with van der Waals surface area (Å²) in [5, 5.41) is 11.9. The van der Waals surface area contributed by atoms with Crippen molar-refractivity contribution in [1.29, 1.82) is 0 Å². The molecule has 0 saturated carbocycles. The number of aromatic amines is 1. The molecule has 28 heavy (non-hydrogen) atoms. The number of carboxylic acids is 1. The van der Waals surface area contributed by atoms with Crippen molar-refractivity contribution in [2.45, 2.75) is 0 Å². The van der Waals surface area contributed by atoms with Gasteiger partial charge in [0.1, 0.15) is 11.6 Å². The van der Waals surface area contributed by atoms with E-state index in [4.69, 9.17) is 5.11 Å². The van der Waals surface area contributed by atoms with Crippen LogP contribution in [0, 0.1) is 11.6 Å². The van der Waals surface area contributed by atoms with Crippen molar-refractivity contribution in [3.63, 3.8) is 0 Å². The SMILES string of the molecule is O=C(O)c1ccc(Nc2nc(-c3c(F)cccc3F)n3cc[nH]c(=O)c23)cc1. The van der Waals surface area contributed by atoms with Gasteiger partial charge in [0.05, 0.1) is 11.1 Å². The molecule has 0 saturated heterocycles.